The molecule has 0 aliphatic rings. The highest BCUT2D eigenvalue weighted by Crippen LogP contribution is 2.38. The normalized spacial score (nSPS) is 11.6. The van der Waals surface area contributed by atoms with E-state index in [4.69, 9.17) is 10.5 Å². The minimum atomic E-state index is -4.48. The van der Waals surface area contributed by atoms with Crippen LogP contribution in [0.2, 0.25) is 0 Å². The summed E-state index contributed by atoms with van der Waals surface area (Å²) < 4.78 is 44.8. The van der Waals surface area contributed by atoms with E-state index in [0.717, 1.165) is 6.07 Å². The van der Waals surface area contributed by atoms with Gasteiger partial charge in [-0.2, -0.15) is 18.3 Å². The van der Waals surface area contributed by atoms with Crippen molar-refractivity contribution >= 4 is 5.82 Å². The molecule has 0 amide bonds. The molecule has 0 unspecified atom stereocenters. The maximum Gasteiger partial charge on any atom is 0.419 e. The predicted molar refractivity (Wildman–Crippen MR) is 64.6 cm³/mol. The van der Waals surface area contributed by atoms with E-state index in [1.54, 1.807) is 7.05 Å². The Labute approximate surface area is 107 Å². The number of hydrogen-bond donors (Lipinski definition) is 1. The first-order valence-electron chi connectivity index (χ1n) is 5.38. The van der Waals surface area contributed by atoms with Crippen molar-refractivity contribution in [2.24, 2.45) is 7.05 Å². The Morgan fingerprint density at radius 1 is 1.26 bits per heavy atom. The number of anilines is 1. The molecule has 2 rings (SSSR count). The molecular formula is C12H12F3N3O. The molecule has 0 aliphatic carbocycles. The van der Waals surface area contributed by atoms with Crippen molar-refractivity contribution in [3.05, 3.63) is 29.8 Å². The van der Waals surface area contributed by atoms with Gasteiger partial charge in [0, 0.05) is 18.7 Å². The number of methoxy groups -OCH3 is 1. The highest BCUT2D eigenvalue weighted by Gasteiger charge is 2.34. The molecule has 19 heavy (non-hydrogen) atoms. The van der Waals surface area contributed by atoms with E-state index in [-0.39, 0.29) is 5.75 Å². The summed E-state index contributed by atoms with van der Waals surface area (Å²) in [6.45, 7) is 0. The Morgan fingerprint density at radius 3 is 2.42 bits per heavy atom. The average molecular weight is 271 g/mol. The SMILES string of the molecule is COc1ccc(-c2cc(N)n(C)n2)cc1C(F)(F)F. The number of ether oxygens (including phenoxy) is 1. The van der Waals surface area contributed by atoms with E-state index in [2.05, 4.69) is 5.10 Å². The van der Waals surface area contributed by atoms with Crippen molar-refractivity contribution in [3.63, 3.8) is 0 Å². The summed E-state index contributed by atoms with van der Waals surface area (Å²) in [6, 6.07) is 5.29. The molecule has 0 bridgehead atoms. The molecule has 7 heteroatoms. The number of hydrogen-bond acceptors (Lipinski definition) is 3. The van der Waals surface area contributed by atoms with E-state index in [9.17, 15) is 13.2 Å². The molecule has 0 fully saturated rings. The van der Waals surface area contributed by atoms with Gasteiger partial charge in [0.25, 0.3) is 0 Å². The number of aryl methyl sites for hydroxylation is 1. The van der Waals surface area contributed by atoms with Crippen LogP contribution >= 0.6 is 0 Å². The molecule has 102 valence electrons. The lowest BCUT2D eigenvalue weighted by Crippen LogP contribution is -2.07. The first-order valence-corrected chi connectivity index (χ1v) is 5.38. The molecule has 0 saturated carbocycles. The Balaban J connectivity index is 2.55. The van der Waals surface area contributed by atoms with Crippen molar-refractivity contribution in [2.45, 2.75) is 6.18 Å². The first-order chi connectivity index (χ1) is 8.82. The molecule has 2 aromatic rings. The van der Waals surface area contributed by atoms with Gasteiger partial charge in [0.2, 0.25) is 0 Å². The van der Waals surface area contributed by atoms with Crippen LogP contribution in [0, 0.1) is 0 Å². The van der Waals surface area contributed by atoms with Gasteiger partial charge < -0.3 is 10.5 Å². The molecule has 0 spiro atoms. The Bertz CT molecular complexity index is 585. The van der Waals surface area contributed by atoms with Crippen molar-refractivity contribution in [2.75, 3.05) is 12.8 Å². The highest BCUT2D eigenvalue weighted by molar-refractivity contribution is 5.65. The van der Waals surface area contributed by atoms with Gasteiger partial charge in [-0.25, -0.2) is 0 Å². The van der Waals surface area contributed by atoms with E-state index >= 15 is 0 Å². The Kier molecular flexibility index (Phi) is 3.13. The van der Waals surface area contributed by atoms with Gasteiger partial charge in [-0.3, -0.25) is 4.68 Å². The minimum Gasteiger partial charge on any atom is -0.496 e. The number of halogens is 3. The molecule has 0 radical (unpaired) electrons. The topological polar surface area (TPSA) is 53.1 Å². The molecule has 1 aromatic carbocycles. The molecule has 1 heterocycles. The van der Waals surface area contributed by atoms with Crippen LogP contribution in [0.3, 0.4) is 0 Å². The molecule has 0 aliphatic heterocycles. The number of benzene rings is 1. The predicted octanol–water partition coefficient (Wildman–Crippen LogP) is 2.70. The van der Waals surface area contributed by atoms with Crippen LogP contribution in [0.4, 0.5) is 19.0 Å². The maximum absolute atomic E-state index is 12.9. The zero-order valence-electron chi connectivity index (χ0n) is 10.3. The van der Waals surface area contributed by atoms with E-state index in [0.29, 0.717) is 17.1 Å². The van der Waals surface area contributed by atoms with Crippen molar-refractivity contribution in [3.8, 4) is 17.0 Å². The van der Waals surface area contributed by atoms with Crippen molar-refractivity contribution < 1.29 is 17.9 Å². The van der Waals surface area contributed by atoms with Gasteiger partial charge in [0.05, 0.1) is 18.4 Å². The van der Waals surface area contributed by atoms with Crippen LogP contribution in [-0.4, -0.2) is 16.9 Å². The summed E-state index contributed by atoms with van der Waals surface area (Å²) >= 11 is 0. The Hall–Kier alpha value is -2.18. The summed E-state index contributed by atoms with van der Waals surface area (Å²) in [5, 5.41) is 4.04. The maximum atomic E-state index is 12.9. The Morgan fingerprint density at radius 2 is 1.95 bits per heavy atom. The van der Waals surface area contributed by atoms with Gasteiger partial charge in [0.1, 0.15) is 11.6 Å². The zero-order valence-corrected chi connectivity index (χ0v) is 10.3. The number of rotatable bonds is 2. The number of nitrogens with zero attached hydrogens (tertiary/aromatic N) is 2. The van der Waals surface area contributed by atoms with Crippen LogP contribution in [0.5, 0.6) is 5.75 Å². The fraction of sp³-hybridized carbons (Fsp3) is 0.250. The average Bonchev–Trinajstić information content (AvgIpc) is 2.68. The molecule has 2 N–H and O–H groups in total. The quantitative estimate of drug-likeness (QED) is 0.913. The highest BCUT2D eigenvalue weighted by atomic mass is 19.4. The zero-order chi connectivity index (χ0) is 14.2. The van der Waals surface area contributed by atoms with Gasteiger partial charge in [-0.1, -0.05) is 0 Å². The number of nitrogen functional groups attached to an aromatic ring is 1. The molecule has 1 aromatic heterocycles. The van der Waals surface area contributed by atoms with Crippen LogP contribution < -0.4 is 10.5 Å². The smallest absolute Gasteiger partial charge is 0.419 e. The van der Waals surface area contributed by atoms with Gasteiger partial charge >= 0.3 is 6.18 Å². The fourth-order valence-corrected chi connectivity index (χ4v) is 1.71. The van der Waals surface area contributed by atoms with Crippen LogP contribution in [0.25, 0.3) is 11.3 Å². The summed E-state index contributed by atoms with van der Waals surface area (Å²) in [5.41, 5.74) is 5.49. The number of aromatic nitrogens is 2. The summed E-state index contributed by atoms with van der Waals surface area (Å²) in [5.74, 6) is 0.152. The van der Waals surface area contributed by atoms with Crippen molar-refractivity contribution in [1.29, 1.82) is 0 Å². The number of nitrogens with two attached hydrogens (primary N) is 1. The van der Waals surface area contributed by atoms with Crippen LogP contribution in [0.1, 0.15) is 5.56 Å². The lowest BCUT2D eigenvalue weighted by Gasteiger charge is -2.12. The minimum absolute atomic E-state index is 0.222. The third-order valence-corrected chi connectivity index (χ3v) is 2.72. The van der Waals surface area contributed by atoms with Gasteiger partial charge in [-0.05, 0) is 18.2 Å². The van der Waals surface area contributed by atoms with E-state index in [1.807, 2.05) is 0 Å². The molecule has 0 saturated heterocycles. The third kappa shape index (κ3) is 2.49. The van der Waals surface area contributed by atoms with E-state index < -0.39 is 11.7 Å². The summed E-state index contributed by atoms with van der Waals surface area (Å²) in [7, 11) is 2.82. The molecular weight excluding hydrogens is 259 g/mol. The summed E-state index contributed by atoms with van der Waals surface area (Å²) in [4.78, 5) is 0. The molecule has 0 atom stereocenters. The standard InChI is InChI=1S/C12H12F3N3O/c1-18-11(16)6-9(17-18)7-3-4-10(19-2)8(5-7)12(13,14)15/h3-6H,16H2,1-2H3. The fourth-order valence-electron chi connectivity index (χ4n) is 1.71. The van der Waals surface area contributed by atoms with Crippen molar-refractivity contribution in [1.82, 2.24) is 9.78 Å². The van der Waals surface area contributed by atoms with Gasteiger partial charge in [-0.15, -0.1) is 0 Å². The third-order valence-electron chi connectivity index (χ3n) is 2.72. The van der Waals surface area contributed by atoms with Gasteiger partial charge in [0.15, 0.2) is 0 Å². The second kappa shape index (κ2) is 4.49. The largest absolute Gasteiger partial charge is 0.496 e. The lowest BCUT2D eigenvalue weighted by atomic mass is 10.1. The van der Waals surface area contributed by atoms with Crippen LogP contribution in [-0.2, 0) is 13.2 Å². The monoisotopic (exact) mass is 271 g/mol. The summed E-state index contributed by atoms with van der Waals surface area (Å²) in [6.07, 6.45) is -4.48. The molecule has 4 nitrogen and oxygen atoms in total. The van der Waals surface area contributed by atoms with Crippen LogP contribution in [0.15, 0.2) is 24.3 Å². The lowest BCUT2D eigenvalue weighted by molar-refractivity contribution is -0.138. The first kappa shape index (κ1) is 13.3. The number of alkyl halides is 3. The van der Waals surface area contributed by atoms with E-state index in [1.165, 1.54) is 30.0 Å². The second-order valence-corrected chi connectivity index (χ2v) is 3.99. The second-order valence-electron chi connectivity index (χ2n) is 3.99.